The van der Waals surface area contributed by atoms with Crippen LogP contribution in [0, 0.1) is 11.3 Å². The molecule has 1 aliphatic carbocycles. The van der Waals surface area contributed by atoms with E-state index in [1.807, 2.05) is 0 Å². The van der Waals surface area contributed by atoms with Crippen molar-refractivity contribution in [1.29, 1.82) is 0 Å². The van der Waals surface area contributed by atoms with Crippen LogP contribution in [0.15, 0.2) is 0 Å². The van der Waals surface area contributed by atoms with E-state index in [1.54, 1.807) is 0 Å². The second-order valence-corrected chi connectivity index (χ2v) is 5.34. The molecule has 2 rings (SSSR count). The Bertz CT molecular complexity index is 276. The Hall–Kier alpha value is -0.610. The molecule has 4 heteroatoms. The van der Waals surface area contributed by atoms with Gasteiger partial charge in [-0.15, -0.1) is 0 Å². The minimum Gasteiger partial charge on any atom is -0.469 e. The number of esters is 1. The molecule has 2 unspecified atom stereocenters. The minimum atomic E-state index is -0.370. The van der Waals surface area contributed by atoms with Crippen molar-refractivity contribution in [2.45, 2.75) is 31.7 Å². The molecule has 0 aromatic rings. The first-order valence-corrected chi connectivity index (χ1v) is 6.13. The maximum atomic E-state index is 11.9. The van der Waals surface area contributed by atoms with E-state index in [9.17, 15) is 4.79 Å². The maximum absolute atomic E-state index is 11.9. The number of hydrogen-bond donors (Lipinski definition) is 1. The highest BCUT2D eigenvalue weighted by atomic mass is 16.5. The number of hydrogen-bond acceptors (Lipinski definition) is 4. The molecule has 0 bridgehead atoms. The van der Waals surface area contributed by atoms with Crippen LogP contribution in [0.4, 0.5) is 0 Å². The number of rotatable bonds is 3. The van der Waals surface area contributed by atoms with E-state index < -0.39 is 0 Å². The topological polar surface area (TPSA) is 55.6 Å². The smallest absolute Gasteiger partial charge is 0.313 e. The number of carbonyl (C=O) groups is 1. The molecule has 0 radical (unpaired) electrons. The highest BCUT2D eigenvalue weighted by molar-refractivity contribution is 5.78. The van der Waals surface area contributed by atoms with Gasteiger partial charge in [-0.25, -0.2) is 0 Å². The first kappa shape index (κ1) is 11.9. The summed E-state index contributed by atoms with van der Waals surface area (Å²) in [6.45, 7) is 2.11. The van der Waals surface area contributed by atoms with Gasteiger partial charge in [-0.3, -0.25) is 4.79 Å². The van der Waals surface area contributed by atoms with Gasteiger partial charge in [0.15, 0.2) is 0 Å². The first-order valence-electron chi connectivity index (χ1n) is 6.13. The molecule has 1 aliphatic heterocycles. The van der Waals surface area contributed by atoms with Crippen molar-refractivity contribution in [3.05, 3.63) is 0 Å². The second-order valence-electron chi connectivity index (χ2n) is 5.34. The van der Waals surface area contributed by atoms with E-state index in [0.717, 1.165) is 38.8 Å². The number of ether oxygens (including phenoxy) is 1. The molecule has 92 valence electrons. The minimum absolute atomic E-state index is 0.0290. The predicted molar refractivity (Wildman–Crippen MR) is 61.9 cm³/mol. The summed E-state index contributed by atoms with van der Waals surface area (Å²) in [5.74, 6) is 0.352. The van der Waals surface area contributed by atoms with E-state index in [1.165, 1.54) is 7.11 Å². The van der Waals surface area contributed by atoms with Crippen LogP contribution in [0.2, 0.25) is 0 Å². The lowest BCUT2D eigenvalue weighted by Gasteiger charge is -2.45. The monoisotopic (exact) mass is 226 g/mol. The fraction of sp³-hybridized carbons (Fsp3) is 0.917. The third-order valence-corrected chi connectivity index (χ3v) is 4.41. The summed E-state index contributed by atoms with van der Waals surface area (Å²) in [6.07, 6.45) is 4.02. The Balaban J connectivity index is 2.06. The third kappa shape index (κ3) is 1.74. The first-order chi connectivity index (χ1) is 7.60. The zero-order chi connectivity index (χ0) is 11.8. The number of nitrogens with two attached hydrogens (primary N) is 1. The van der Waals surface area contributed by atoms with Gasteiger partial charge in [0, 0.05) is 12.6 Å². The predicted octanol–water partition coefficient (Wildman–Crippen LogP) is 0.609. The van der Waals surface area contributed by atoms with Gasteiger partial charge in [0.1, 0.15) is 0 Å². The lowest BCUT2D eigenvalue weighted by molar-refractivity contribution is -0.161. The van der Waals surface area contributed by atoms with Gasteiger partial charge in [0.25, 0.3) is 0 Å². The Morgan fingerprint density at radius 3 is 2.62 bits per heavy atom. The van der Waals surface area contributed by atoms with Crippen LogP contribution in [0.25, 0.3) is 0 Å². The van der Waals surface area contributed by atoms with Crippen LogP contribution in [0.3, 0.4) is 0 Å². The molecule has 2 atom stereocenters. The summed E-state index contributed by atoms with van der Waals surface area (Å²) in [7, 11) is 3.58. The van der Waals surface area contributed by atoms with Crippen molar-refractivity contribution >= 4 is 5.97 Å². The van der Waals surface area contributed by atoms with Gasteiger partial charge in [0.2, 0.25) is 0 Å². The Kier molecular flexibility index (Phi) is 3.22. The summed E-state index contributed by atoms with van der Waals surface area (Å²) in [5.41, 5.74) is 5.96. The standard InChI is InChI=1S/C12H22N2O2/c1-14-7-4-9(8-14)10(13)12(5-3-6-12)11(15)16-2/h9-10H,3-8,13H2,1-2H3. The normalized spacial score (nSPS) is 30.8. The van der Waals surface area contributed by atoms with Crippen molar-refractivity contribution in [2.24, 2.45) is 17.1 Å². The summed E-state index contributed by atoms with van der Waals surface area (Å²) in [6, 6.07) is -0.0290. The molecule has 16 heavy (non-hydrogen) atoms. The summed E-state index contributed by atoms with van der Waals surface area (Å²) in [4.78, 5) is 14.2. The summed E-state index contributed by atoms with van der Waals surface area (Å²) >= 11 is 0. The second kappa shape index (κ2) is 4.34. The van der Waals surface area contributed by atoms with E-state index in [0.29, 0.717) is 5.92 Å². The number of methoxy groups -OCH3 is 1. The van der Waals surface area contributed by atoms with Crippen molar-refractivity contribution in [1.82, 2.24) is 4.90 Å². The van der Waals surface area contributed by atoms with Gasteiger partial charge in [-0.2, -0.15) is 0 Å². The van der Waals surface area contributed by atoms with Crippen molar-refractivity contribution in [2.75, 3.05) is 27.2 Å². The van der Waals surface area contributed by atoms with Gasteiger partial charge in [-0.05, 0) is 38.8 Å². The molecular weight excluding hydrogens is 204 g/mol. The fourth-order valence-corrected chi connectivity index (χ4v) is 3.15. The highest BCUT2D eigenvalue weighted by Crippen LogP contribution is 2.47. The average Bonchev–Trinajstić information content (AvgIpc) is 2.62. The zero-order valence-corrected chi connectivity index (χ0v) is 10.2. The molecule has 2 aliphatic rings. The molecule has 2 fully saturated rings. The van der Waals surface area contributed by atoms with E-state index >= 15 is 0 Å². The van der Waals surface area contributed by atoms with Crippen LogP contribution in [0.1, 0.15) is 25.7 Å². The van der Waals surface area contributed by atoms with Gasteiger partial charge < -0.3 is 15.4 Å². The van der Waals surface area contributed by atoms with Crippen LogP contribution in [-0.2, 0) is 9.53 Å². The molecule has 0 amide bonds. The Morgan fingerprint density at radius 2 is 2.25 bits per heavy atom. The number of nitrogens with zero attached hydrogens (tertiary/aromatic N) is 1. The lowest BCUT2D eigenvalue weighted by Crippen LogP contribution is -2.56. The summed E-state index contributed by atoms with van der Waals surface area (Å²) < 4.78 is 4.93. The molecule has 1 saturated carbocycles. The van der Waals surface area contributed by atoms with Crippen LogP contribution in [-0.4, -0.2) is 44.2 Å². The average molecular weight is 226 g/mol. The molecule has 2 N–H and O–H groups in total. The van der Waals surface area contributed by atoms with Crippen molar-refractivity contribution < 1.29 is 9.53 Å². The lowest BCUT2D eigenvalue weighted by atomic mass is 9.61. The van der Waals surface area contributed by atoms with Crippen LogP contribution < -0.4 is 5.73 Å². The molecular formula is C12H22N2O2. The van der Waals surface area contributed by atoms with Crippen molar-refractivity contribution in [3.8, 4) is 0 Å². The third-order valence-electron chi connectivity index (χ3n) is 4.41. The molecule has 1 saturated heterocycles. The largest absolute Gasteiger partial charge is 0.469 e. The SMILES string of the molecule is COC(=O)C1(C(N)C2CCN(C)C2)CCC1. The Labute approximate surface area is 97.1 Å². The highest BCUT2D eigenvalue weighted by Gasteiger charge is 2.52. The van der Waals surface area contributed by atoms with Crippen LogP contribution in [0.5, 0.6) is 0 Å². The van der Waals surface area contributed by atoms with E-state index in [4.69, 9.17) is 10.5 Å². The molecule has 4 nitrogen and oxygen atoms in total. The quantitative estimate of drug-likeness (QED) is 0.716. The maximum Gasteiger partial charge on any atom is 0.313 e. The fourth-order valence-electron chi connectivity index (χ4n) is 3.15. The van der Waals surface area contributed by atoms with Gasteiger partial charge in [-0.1, -0.05) is 6.42 Å². The molecule has 1 heterocycles. The van der Waals surface area contributed by atoms with E-state index in [-0.39, 0.29) is 17.4 Å². The molecule has 0 spiro atoms. The van der Waals surface area contributed by atoms with Gasteiger partial charge >= 0.3 is 5.97 Å². The van der Waals surface area contributed by atoms with Crippen molar-refractivity contribution in [3.63, 3.8) is 0 Å². The number of carbonyl (C=O) groups excluding carboxylic acids is 1. The summed E-state index contributed by atoms with van der Waals surface area (Å²) in [5, 5.41) is 0. The molecule has 0 aromatic heterocycles. The van der Waals surface area contributed by atoms with Crippen LogP contribution >= 0.6 is 0 Å². The molecule has 0 aromatic carbocycles. The number of likely N-dealkylation sites (tertiary alicyclic amines) is 1. The van der Waals surface area contributed by atoms with Gasteiger partial charge in [0.05, 0.1) is 12.5 Å². The Morgan fingerprint density at radius 1 is 1.56 bits per heavy atom. The van der Waals surface area contributed by atoms with E-state index in [2.05, 4.69) is 11.9 Å². The zero-order valence-electron chi connectivity index (χ0n) is 10.2.